The summed E-state index contributed by atoms with van der Waals surface area (Å²) in [5, 5.41) is 12.9. The predicted molar refractivity (Wildman–Crippen MR) is 121 cm³/mol. The predicted octanol–water partition coefficient (Wildman–Crippen LogP) is 3.97. The largest absolute Gasteiger partial charge is 0.287 e. The van der Waals surface area contributed by atoms with Gasteiger partial charge in [0, 0.05) is 36.1 Å². The van der Waals surface area contributed by atoms with Crippen LogP contribution in [0.25, 0.3) is 0 Å². The minimum atomic E-state index is -3.75. The van der Waals surface area contributed by atoms with E-state index >= 15 is 0 Å². The number of thiophene rings is 1. The van der Waals surface area contributed by atoms with Gasteiger partial charge < -0.3 is 0 Å². The fraction of sp³-hybridized carbons (Fsp3) is 0.273. The highest BCUT2D eigenvalue weighted by atomic mass is 32.2. The second-order valence-corrected chi connectivity index (χ2v) is 10.3. The molecule has 0 saturated heterocycles. The van der Waals surface area contributed by atoms with Gasteiger partial charge in [0.05, 0.1) is 15.9 Å². The Balaban J connectivity index is 1.50. The Hall–Kier alpha value is -2.59. The molecule has 0 aliphatic carbocycles. The summed E-state index contributed by atoms with van der Waals surface area (Å²) in [7, 11) is -3.75. The molecule has 0 saturated carbocycles. The van der Waals surface area contributed by atoms with Gasteiger partial charge in [-0.1, -0.05) is 30.3 Å². The van der Waals surface area contributed by atoms with E-state index in [2.05, 4.69) is 40.1 Å². The molecule has 1 aliphatic heterocycles. The molecule has 0 spiro atoms. The van der Waals surface area contributed by atoms with Crippen LogP contribution >= 0.6 is 11.3 Å². The molecule has 162 valence electrons. The lowest BCUT2D eigenvalue weighted by molar-refractivity contribution is -0.384. The number of non-ortho nitro benzene ring substituents is 1. The van der Waals surface area contributed by atoms with Crippen molar-refractivity contribution < 1.29 is 13.3 Å². The number of fused-ring (bicyclic) bond motifs is 1. The maximum atomic E-state index is 12.6. The van der Waals surface area contributed by atoms with E-state index in [9.17, 15) is 18.5 Å². The second-order valence-electron chi connectivity index (χ2n) is 7.56. The van der Waals surface area contributed by atoms with Crippen LogP contribution in [0, 0.1) is 10.1 Å². The zero-order chi connectivity index (χ0) is 22.0. The summed E-state index contributed by atoms with van der Waals surface area (Å²) < 4.78 is 27.9. The van der Waals surface area contributed by atoms with Crippen LogP contribution in [0.3, 0.4) is 0 Å². The van der Waals surface area contributed by atoms with E-state index in [0.717, 1.165) is 6.42 Å². The van der Waals surface area contributed by atoms with E-state index in [1.165, 1.54) is 40.3 Å². The highest BCUT2D eigenvalue weighted by molar-refractivity contribution is 7.89. The zero-order valence-electron chi connectivity index (χ0n) is 17.0. The monoisotopic (exact) mass is 457 g/mol. The molecule has 1 N–H and O–H groups in total. The van der Waals surface area contributed by atoms with Crippen LogP contribution in [-0.4, -0.2) is 37.4 Å². The quantitative estimate of drug-likeness (QED) is 0.428. The maximum absolute atomic E-state index is 12.6. The van der Waals surface area contributed by atoms with Gasteiger partial charge >= 0.3 is 0 Å². The van der Waals surface area contributed by atoms with Crippen LogP contribution in [0.2, 0.25) is 0 Å². The molecule has 0 unspecified atom stereocenters. The summed E-state index contributed by atoms with van der Waals surface area (Å²) in [5.74, 6) is 0. The number of nitro groups is 1. The van der Waals surface area contributed by atoms with Crippen molar-refractivity contribution in [2.45, 2.75) is 30.3 Å². The van der Waals surface area contributed by atoms with Gasteiger partial charge in [0.25, 0.3) is 5.69 Å². The van der Waals surface area contributed by atoms with Gasteiger partial charge in [0.15, 0.2) is 0 Å². The van der Waals surface area contributed by atoms with E-state index in [1.807, 2.05) is 18.2 Å². The van der Waals surface area contributed by atoms with Gasteiger partial charge in [0.1, 0.15) is 0 Å². The SMILES string of the molecule is C[C@@H]1Cc2ccsc2[C@H](c2ccccc2)N1CCNS(=O)(=O)c1ccc([N+](=O)[O-])cc1. The molecule has 2 heterocycles. The van der Waals surface area contributed by atoms with E-state index in [1.54, 1.807) is 11.3 Å². The minimum Gasteiger partial charge on any atom is -0.287 e. The van der Waals surface area contributed by atoms with E-state index in [0.29, 0.717) is 6.54 Å². The van der Waals surface area contributed by atoms with Crippen molar-refractivity contribution in [1.29, 1.82) is 0 Å². The Morgan fingerprint density at radius 1 is 1.13 bits per heavy atom. The molecule has 9 heteroatoms. The van der Waals surface area contributed by atoms with Crippen molar-refractivity contribution in [3.63, 3.8) is 0 Å². The third-order valence-corrected chi connectivity index (χ3v) is 8.07. The van der Waals surface area contributed by atoms with Crippen molar-refractivity contribution in [1.82, 2.24) is 9.62 Å². The Morgan fingerprint density at radius 3 is 2.52 bits per heavy atom. The van der Waals surface area contributed by atoms with Crippen molar-refractivity contribution >= 4 is 27.0 Å². The molecule has 0 radical (unpaired) electrons. The van der Waals surface area contributed by atoms with Crippen LogP contribution in [-0.2, 0) is 16.4 Å². The maximum Gasteiger partial charge on any atom is 0.269 e. The Bertz CT molecular complexity index is 1160. The van der Waals surface area contributed by atoms with Crippen molar-refractivity contribution in [3.8, 4) is 0 Å². The normalized spacial score (nSPS) is 19.1. The van der Waals surface area contributed by atoms with Gasteiger partial charge in [-0.3, -0.25) is 15.0 Å². The third kappa shape index (κ3) is 4.54. The number of benzene rings is 2. The van der Waals surface area contributed by atoms with Crippen LogP contribution in [0.1, 0.15) is 29.0 Å². The molecular weight excluding hydrogens is 434 g/mol. The molecule has 4 rings (SSSR count). The summed E-state index contributed by atoms with van der Waals surface area (Å²) in [4.78, 5) is 13.9. The van der Waals surface area contributed by atoms with Crippen molar-refractivity contribution in [2.75, 3.05) is 13.1 Å². The molecule has 0 amide bonds. The number of hydrogen-bond donors (Lipinski definition) is 1. The second kappa shape index (κ2) is 8.88. The van der Waals surface area contributed by atoms with Crippen molar-refractivity contribution in [3.05, 3.63) is 92.2 Å². The minimum absolute atomic E-state index is 0.0185. The number of hydrogen-bond acceptors (Lipinski definition) is 6. The van der Waals surface area contributed by atoms with Crippen LogP contribution in [0.4, 0.5) is 5.69 Å². The van der Waals surface area contributed by atoms with Crippen molar-refractivity contribution in [2.24, 2.45) is 0 Å². The third-order valence-electron chi connectivity index (χ3n) is 5.58. The molecule has 2 atom stereocenters. The topological polar surface area (TPSA) is 92.6 Å². The van der Waals surface area contributed by atoms with Crippen LogP contribution in [0.15, 0.2) is 70.9 Å². The number of nitro benzene ring substituents is 1. The lowest BCUT2D eigenvalue weighted by Crippen LogP contribution is -2.45. The average molecular weight is 458 g/mol. The number of nitrogens with zero attached hydrogens (tertiary/aromatic N) is 2. The molecule has 1 aromatic heterocycles. The fourth-order valence-corrected chi connectivity index (χ4v) is 6.17. The first-order chi connectivity index (χ1) is 14.9. The molecule has 1 aliphatic rings. The Morgan fingerprint density at radius 2 is 1.84 bits per heavy atom. The number of rotatable bonds is 7. The van der Waals surface area contributed by atoms with Gasteiger partial charge in [-0.25, -0.2) is 13.1 Å². The summed E-state index contributed by atoms with van der Waals surface area (Å²) in [6, 6.07) is 17.7. The van der Waals surface area contributed by atoms with Gasteiger partial charge in [-0.05, 0) is 48.1 Å². The van der Waals surface area contributed by atoms with E-state index in [4.69, 9.17) is 0 Å². The molecule has 2 aromatic carbocycles. The summed E-state index contributed by atoms with van der Waals surface area (Å²) >= 11 is 1.74. The lowest BCUT2D eigenvalue weighted by atomic mass is 9.91. The Labute approximate surface area is 185 Å². The van der Waals surface area contributed by atoms with Gasteiger partial charge in [-0.15, -0.1) is 11.3 Å². The first-order valence-corrected chi connectivity index (χ1v) is 12.3. The average Bonchev–Trinajstić information content (AvgIpc) is 3.22. The molecule has 0 bridgehead atoms. The molecule has 3 aromatic rings. The fourth-order valence-electron chi connectivity index (χ4n) is 4.06. The molecular formula is C22H23N3O4S2. The number of nitrogens with one attached hydrogen (secondary N) is 1. The highest BCUT2D eigenvalue weighted by Crippen LogP contribution is 2.40. The van der Waals surface area contributed by atoms with Gasteiger partial charge in [-0.2, -0.15) is 0 Å². The lowest BCUT2D eigenvalue weighted by Gasteiger charge is -2.41. The van der Waals surface area contributed by atoms with Crippen LogP contribution in [0.5, 0.6) is 0 Å². The highest BCUT2D eigenvalue weighted by Gasteiger charge is 2.34. The van der Waals surface area contributed by atoms with Gasteiger partial charge in [0.2, 0.25) is 10.0 Å². The summed E-state index contributed by atoms with van der Waals surface area (Å²) in [6.07, 6.45) is 0.928. The smallest absolute Gasteiger partial charge is 0.269 e. The van der Waals surface area contributed by atoms with Crippen LogP contribution < -0.4 is 4.72 Å². The standard InChI is InChI=1S/C22H23N3O4S2/c1-16-15-18-11-14-30-22(18)21(17-5-3-2-4-6-17)24(16)13-12-23-31(28,29)20-9-7-19(8-10-20)25(26)27/h2-11,14,16,21,23H,12-13,15H2,1H3/t16-,21+/m1/s1. The van der Waals surface area contributed by atoms with E-state index in [-0.39, 0.29) is 29.2 Å². The molecule has 31 heavy (non-hydrogen) atoms. The zero-order valence-corrected chi connectivity index (χ0v) is 18.6. The van der Waals surface area contributed by atoms with E-state index < -0.39 is 14.9 Å². The first kappa shape index (κ1) is 21.6. The molecule has 7 nitrogen and oxygen atoms in total. The number of sulfonamides is 1. The first-order valence-electron chi connectivity index (χ1n) is 9.98. The Kier molecular flexibility index (Phi) is 6.19. The summed E-state index contributed by atoms with van der Waals surface area (Å²) in [6.45, 7) is 2.96. The summed E-state index contributed by atoms with van der Waals surface area (Å²) in [5.41, 5.74) is 2.41. The molecule has 0 fully saturated rings.